The van der Waals surface area contributed by atoms with Crippen LogP contribution in [0.2, 0.25) is 0 Å². The van der Waals surface area contributed by atoms with Gasteiger partial charge in [0, 0.05) is 31.7 Å². The molecule has 3 heterocycles. The molecule has 0 aromatic heterocycles. The molecule has 8 heteroatoms. The van der Waals surface area contributed by atoms with Crippen molar-refractivity contribution in [1.29, 1.82) is 0 Å². The van der Waals surface area contributed by atoms with Crippen LogP contribution in [-0.4, -0.2) is 98.6 Å². The van der Waals surface area contributed by atoms with Crippen LogP contribution in [0.25, 0.3) is 0 Å². The van der Waals surface area contributed by atoms with Crippen LogP contribution >= 0.6 is 0 Å². The Kier molecular flexibility index (Phi) is 10.4. The van der Waals surface area contributed by atoms with E-state index in [1.165, 1.54) is 0 Å². The molecule has 3 fully saturated rings. The van der Waals surface area contributed by atoms with Crippen molar-refractivity contribution in [2.24, 2.45) is 23.7 Å². The summed E-state index contributed by atoms with van der Waals surface area (Å²) in [4.78, 5) is 30.6. The van der Waals surface area contributed by atoms with Gasteiger partial charge in [-0.2, -0.15) is 0 Å². The molecule has 0 bridgehead atoms. The molecule has 3 aliphatic heterocycles. The second-order valence-electron chi connectivity index (χ2n) is 12.1. The second-order valence-corrected chi connectivity index (χ2v) is 12.1. The summed E-state index contributed by atoms with van der Waals surface area (Å²) in [5.41, 5.74) is 0. The summed E-state index contributed by atoms with van der Waals surface area (Å²) in [6.45, 7) is 15.8. The fraction of sp³-hybridized carbons (Fsp3) is 0.929. The van der Waals surface area contributed by atoms with Gasteiger partial charge in [0.2, 0.25) is 0 Å². The van der Waals surface area contributed by atoms with E-state index in [9.17, 15) is 9.59 Å². The summed E-state index contributed by atoms with van der Waals surface area (Å²) in [6.07, 6.45) is 3.69. The number of likely N-dealkylation sites (tertiary alicyclic amines) is 1. The van der Waals surface area contributed by atoms with E-state index in [-0.39, 0.29) is 30.0 Å². The average Bonchev–Trinajstić information content (AvgIpc) is 3.21. The number of carbonyl (C=O) groups is 2. The predicted octanol–water partition coefficient (Wildman–Crippen LogP) is 3.37. The number of ether oxygens (including phenoxy) is 4. The lowest BCUT2D eigenvalue weighted by Gasteiger charge is -2.43. The first-order valence-corrected chi connectivity index (χ1v) is 13.9. The minimum absolute atomic E-state index is 0.00580. The molecule has 0 aliphatic carbocycles. The molecular weight excluding hydrogens is 460 g/mol. The van der Waals surface area contributed by atoms with E-state index in [1.54, 1.807) is 14.0 Å². The zero-order chi connectivity index (χ0) is 26.6. The molecule has 3 rings (SSSR count). The third kappa shape index (κ3) is 7.50. The van der Waals surface area contributed by atoms with Crippen molar-refractivity contribution in [3.8, 4) is 0 Å². The number of esters is 1. The summed E-state index contributed by atoms with van der Waals surface area (Å²) in [5, 5.41) is 0. The summed E-state index contributed by atoms with van der Waals surface area (Å²) < 4.78 is 23.4. The van der Waals surface area contributed by atoms with Crippen LogP contribution in [0.4, 0.5) is 0 Å². The average molecular weight is 511 g/mol. The van der Waals surface area contributed by atoms with Crippen LogP contribution in [0.15, 0.2) is 0 Å². The number of piperidine rings is 1. The maximum Gasteiger partial charge on any atom is 0.316 e. The number of likely N-dealkylation sites (N-methyl/N-ethyl adjacent to an activating group) is 1. The first kappa shape index (κ1) is 29.5. The van der Waals surface area contributed by atoms with Crippen LogP contribution in [-0.2, 0) is 28.5 Å². The zero-order valence-electron chi connectivity index (χ0n) is 23.8. The second kappa shape index (κ2) is 12.7. The number of carbonyl (C=O) groups excluding carboxylic acids is 2. The quantitative estimate of drug-likeness (QED) is 0.421. The Morgan fingerprint density at radius 1 is 1.06 bits per heavy atom. The SMILES string of the molecule is COC1C[C@@H](C)CN(C)C(C2CCN(C(C)C3COC(C)(C)O3)CC2)COC(=O)C(C)C(=O)[C@H](C)C1. The van der Waals surface area contributed by atoms with Crippen molar-refractivity contribution >= 4 is 11.8 Å². The Balaban J connectivity index is 1.67. The number of cyclic esters (lactones) is 1. The summed E-state index contributed by atoms with van der Waals surface area (Å²) in [5.74, 6) is -1.12. The molecule has 5 unspecified atom stereocenters. The maximum absolute atomic E-state index is 12.9. The smallest absolute Gasteiger partial charge is 0.316 e. The van der Waals surface area contributed by atoms with E-state index in [4.69, 9.17) is 18.9 Å². The Bertz CT molecular complexity index is 738. The fourth-order valence-electron chi connectivity index (χ4n) is 6.31. The van der Waals surface area contributed by atoms with Gasteiger partial charge in [-0.25, -0.2) is 0 Å². The van der Waals surface area contributed by atoms with Gasteiger partial charge in [-0.1, -0.05) is 13.8 Å². The topological polar surface area (TPSA) is 77.5 Å². The lowest BCUT2D eigenvalue weighted by atomic mass is 9.87. The van der Waals surface area contributed by atoms with Gasteiger partial charge in [-0.15, -0.1) is 0 Å². The Morgan fingerprint density at radius 3 is 2.31 bits per heavy atom. The summed E-state index contributed by atoms with van der Waals surface area (Å²) >= 11 is 0. The predicted molar refractivity (Wildman–Crippen MR) is 139 cm³/mol. The van der Waals surface area contributed by atoms with Crippen LogP contribution in [0.1, 0.15) is 67.2 Å². The molecule has 7 atom stereocenters. The molecule has 0 amide bonds. The number of rotatable bonds is 4. The van der Waals surface area contributed by atoms with Crippen molar-refractivity contribution in [2.45, 2.75) is 97.3 Å². The molecule has 0 N–H and O–H groups in total. The minimum atomic E-state index is -0.748. The van der Waals surface area contributed by atoms with Gasteiger partial charge >= 0.3 is 5.97 Å². The van der Waals surface area contributed by atoms with Crippen LogP contribution < -0.4 is 0 Å². The molecule has 0 radical (unpaired) electrons. The third-order valence-electron chi connectivity index (χ3n) is 8.71. The van der Waals surface area contributed by atoms with Crippen LogP contribution in [0.3, 0.4) is 0 Å². The van der Waals surface area contributed by atoms with E-state index in [2.05, 4.69) is 30.7 Å². The molecule has 0 saturated carbocycles. The lowest BCUT2D eigenvalue weighted by molar-refractivity contribution is -0.155. The maximum atomic E-state index is 12.9. The molecule has 0 aromatic carbocycles. The Labute approximate surface area is 218 Å². The highest BCUT2D eigenvalue weighted by molar-refractivity contribution is 5.99. The van der Waals surface area contributed by atoms with Crippen LogP contribution in [0.5, 0.6) is 0 Å². The standard InChI is InChI=1S/C28H50N2O6/c1-18-13-23(33-8)14-19(2)26(31)20(3)27(32)34-16-24(29(7)15-18)22-9-11-30(12-10-22)21(4)25-17-35-28(5,6)36-25/h18-25H,9-17H2,1-8H3/t18-,19-,20?,21?,23?,24?,25?/m1/s1. The number of methoxy groups -OCH3 is 1. The fourth-order valence-corrected chi connectivity index (χ4v) is 6.31. The molecule has 36 heavy (non-hydrogen) atoms. The zero-order valence-corrected chi connectivity index (χ0v) is 23.8. The molecular formula is C28H50N2O6. The van der Waals surface area contributed by atoms with Gasteiger partial charge in [-0.3, -0.25) is 19.4 Å². The minimum Gasteiger partial charge on any atom is -0.463 e. The normalized spacial score (nSPS) is 37.6. The van der Waals surface area contributed by atoms with Gasteiger partial charge in [-0.05, 0) is 85.4 Å². The molecule has 0 aromatic rings. The number of hydrogen-bond donors (Lipinski definition) is 0. The highest BCUT2D eigenvalue weighted by Crippen LogP contribution is 2.31. The van der Waals surface area contributed by atoms with E-state index >= 15 is 0 Å². The number of ketones is 1. The molecule has 3 aliphatic rings. The van der Waals surface area contributed by atoms with Crippen molar-refractivity contribution in [2.75, 3.05) is 47.0 Å². The van der Waals surface area contributed by atoms with E-state index in [1.807, 2.05) is 20.8 Å². The molecule has 208 valence electrons. The molecule has 8 nitrogen and oxygen atoms in total. The monoisotopic (exact) mass is 510 g/mol. The van der Waals surface area contributed by atoms with Gasteiger partial charge < -0.3 is 18.9 Å². The number of nitrogens with zero attached hydrogens (tertiary/aromatic N) is 2. The first-order valence-electron chi connectivity index (χ1n) is 13.9. The van der Waals surface area contributed by atoms with E-state index < -0.39 is 17.7 Å². The van der Waals surface area contributed by atoms with Gasteiger partial charge in [0.05, 0.1) is 18.8 Å². The highest BCUT2D eigenvalue weighted by atomic mass is 16.7. The van der Waals surface area contributed by atoms with Crippen molar-refractivity contribution in [3.63, 3.8) is 0 Å². The third-order valence-corrected chi connectivity index (χ3v) is 8.71. The molecule has 0 spiro atoms. The summed E-state index contributed by atoms with van der Waals surface area (Å²) in [6, 6.07) is 0.420. The number of hydrogen-bond acceptors (Lipinski definition) is 8. The van der Waals surface area contributed by atoms with Gasteiger partial charge in [0.25, 0.3) is 0 Å². The van der Waals surface area contributed by atoms with Crippen LogP contribution in [0, 0.1) is 23.7 Å². The highest BCUT2D eigenvalue weighted by Gasteiger charge is 2.40. The van der Waals surface area contributed by atoms with Crippen molar-refractivity contribution in [1.82, 2.24) is 9.80 Å². The Hall–Kier alpha value is -1.06. The lowest BCUT2D eigenvalue weighted by Crippen LogP contribution is -2.51. The van der Waals surface area contributed by atoms with E-state index in [0.717, 1.165) is 38.9 Å². The molecule has 3 saturated heterocycles. The summed E-state index contributed by atoms with van der Waals surface area (Å²) in [7, 11) is 3.86. The van der Waals surface area contributed by atoms with E-state index in [0.29, 0.717) is 37.5 Å². The van der Waals surface area contributed by atoms with Crippen molar-refractivity contribution < 1.29 is 28.5 Å². The van der Waals surface area contributed by atoms with Gasteiger partial charge in [0.1, 0.15) is 18.3 Å². The largest absolute Gasteiger partial charge is 0.463 e. The number of Topliss-reactive ketones (excluding diaryl/α,β-unsaturated/α-hetero) is 1. The van der Waals surface area contributed by atoms with Gasteiger partial charge in [0.15, 0.2) is 5.79 Å². The Morgan fingerprint density at radius 2 is 1.72 bits per heavy atom. The first-order chi connectivity index (χ1) is 16.9. The van der Waals surface area contributed by atoms with Crippen molar-refractivity contribution in [3.05, 3.63) is 0 Å².